The minimum Gasteiger partial charge on any atom is -0.394 e. The van der Waals surface area contributed by atoms with Gasteiger partial charge in [0.25, 0.3) is 0 Å². The molecule has 0 aromatic carbocycles. The Labute approximate surface area is 87.1 Å². The van der Waals surface area contributed by atoms with E-state index in [4.69, 9.17) is 22.4 Å². The van der Waals surface area contributed by atoms with E-state index in [1.807, 2.05) is 0 Å². The molecule has 0 amide bonds. The second-order valence-corrected chi connectivity index (χ2v) is 5.12. The Bertz CT molecular complexity index is 426. The molecule has 0 bridgehead atoms. The van der Waals surface area contributed by atoms with Crippen LogP contribution in [0.2, 0.25) is 5.15 Å². The summed E-state index contributed by atoms with van der Waals surface area (Å²) in [5.41, 5.74) is 5.79. The fourth-order valence-electron chi connectivity index (χ4n) is 1.13. The van der Waals surface area contributed by atoms with Crippen LogP contribution in [0.4, 0.5) is 0 Å². The predicted octanol–water partition coefficient (Wildman–Crippen LogP) is -0.0587. The first-order valence-electron chi connectivity index (χ1n) is 3.82. The van der Waals surface area contributed by atoms with Crippen LogP contribution in [0.5, 0.6) is 0 Å². The lowest BCUT2D eigenvalue weighted by atomic mass is 10.2. The lowest BCUT2D eigenvalue weighted by Crippen LogP contribution is -2.22. The monoisotopic (exact) mass is 238 g/mol. The molecule has 1 heterocycles. The van der Waals surface area contributed by atoms with Crippen molar-refractivity contribution in [2.75, 3.05) is 12.9 Å². The summed E-state index contributed by atoms with van der Waals surface area (Å²) in [6, 6.07) is 2.15. The van der Waals surface area contributed by atoms with E-state index in [1.165, 1.54) is 12.1 Å². The zero-order valence-corrected chi connectivity index (χ0v) is 9.09. The van der Waals surface area contributed by atoms with Gasteiger partial charge in [-0.25, -0.2) is 12.4 Å². The van der Waals surface area contributed by atoms with Crippen LogP contribution in [-0.4, -0.2) is 30.4 Å². The number of rotatable bonds is 3. The predicted molar refractivity (Wildman–Crippen MR) is 53.7 cm³/mol. The first-order chi connectivity index (χ1) is 6.38. The van der Waals surface area contributed by atoms with Gasteiger partial charge in [0.15, 0.2) is 0 Å². The number of nitrogens with two attached hydrogens (primary N) is 1. The maximum Gasteiger partial charge on any atom is 0.237 e. The highest BCUT2D eigenvalue weighted by Crippen LogP contribution is 2.21. The summed E-state index contributed by atoms with van der Waals surface area (Å²) in [7, 11) is -3.48. The van der Waals surface area contributed by atoms with E-state index < -0.39 is 16.1 Å². The Hall–Kier alpha value is -0.560. The van der Waals surface area contributed by atoms with Crippen molar-refractivity contribution < 1.29 is 13.5 Å². The van der Waals surface area contributed by atoms with E-state index >= 15 is 0 Å². The molecule has 3 N–H and O–H groups in total. The molecular formula is C7H11ClN2O3S. The number of nitrogens with zero attached hydrogens (tertiary/aromatic N) is 1. The number of hydrogen-bond acceptors (Lipinski definition) is 4. The molecule has 1 aromatic heterocycles. The normalized spacial score (nSPS) is 14.3. The fraction of sp³-hybridized carbons (Fsp3) is 0.429. The number of aliphatic hydroxyl groups excluding tert-OH is 1. The van der Waals surface area contributed by atoms with Gasteiger partial charge in [0.2, 0.25) is 10.0 Å². The van der Waals surface area contributed by atoms with E-state index in [0.717, 1.165) is 10.2 Å². The quantitative estimate of drug-likeness (QED) is 0.773. The van der Waals surface area contributed by atoms with Crippen molar-refractivity contribution in [2.24, 2.45) is 5.73 Å². The third-order valence-electron chi connectivity index (χ3n) is 1.73. The van der Waals surface area contributed by atoms with Crippen LogP contribution in [0.3, 0.4) is 0 Å². The van der Waals surface area contributed by atoms with Crippen molar-refractivity contribution in [3.63, 3.8) is 0 Å². The van der Waals surface area contributed by atoms with Crippen molar-refractivity contribution in [2.45, 2.75) is 6.04 Å². The third-order valence-corrected chi connectivity index (χ3v) is 3.19. The van der Waals surface area contributed by atoms with Crippen LogP contribution >= 0.6 is 11.6 Å². The molecule has 1 aromatic rings. The van der Waals surface area contributed by atoms with Crippen LogP contribution in [-0.2, 0) is 10.0 Å². The topological polar surface area (TPSA) is 85.3 Å². The van der Waals surface area contributed by atoms with Gasteiger partial charge in [-0.05, 0) is 12.1 Å². The van der Waals surface area contributed by atoms with Gasteiger partial charge < -0.3 is 10.8 Å². The second kappa shape index (κ2) is 3.90. The molecule has 14 heavy (non-hydrogen) atoms. The van der Waals surface area contributed by atoms with Gasteiger partial charge in [-0.2, -0.15) is 0 Å². The molecule has 1 atom stereocenters. The highest BCUT2D eigenvalue weighted by molar-refractivity contribution is 7.89. The lowest BCUT2D eigenvalue weighted by molar-refractivity contribution is 0.265. The van der Waals surface area contributed by atoms with Crippen molar-refractivity contribution in [3.8, 4) is 0 Å². The van der Waals surface area contributed by atoms with Crippen LogP contribution < -0.4 is 5.73 Å². The minimum absolute atomic E-state index is 0.0615. The zero-order chi connectivity index (χ0) is 10.9. The molecule has 0 aliphatic carbocycles. The van der Waals surface area contributed by atoms with Crippen molar-refractivity contribution in [1.82, 2.24) is 3.97 Å². The second-order valence-electron chi connectivity index (χ2n) is 2.90. The zero-order valence-electron chi connectivity index (χ0n) is 7.51. The Morgan fingerprint density at radius 3 is 2.64 bits per heavy atom. The van der Waals surface area contributed by atoms with E-state index in [9.17, 15) is 8.42 Å². The minimum atomic E-state index is -3.48. The number of aromatic nitrogens is 1. The SMILES string of the molecule is CS(=O)(=O)n1c(Cl)ccc1C(N)CO. The molecule has 0 fully saturated rings. The van der Waals surface area contributed by atoms with Crippen LogP contribution in [0.15, 0.2) is 12.1 Å². The van der Waals surface area contributed by atoms with Gasteiger partial charge in [0.05, 0.1) is 24.6 Å². The Morgan fingerprint density at radius 2 is 2.21 bits per heavy atom. The summed E-state index contributed by atoms with van der Waals surface area (Å²) in [4.78, 5) is 0. The van der Waals surface area contributed by atoms with Gasteiger partial charge in [0.1, 0.15) is 5.15 Å². The summed E-state index contributed by atoms with van der Waals surface area (Å²) < 4.78 is 23.5. The summed E-state index contributed by atoms with van der Waals surface area (Å²) in [5, 5.41) is 8.87. The summed E-state index contributed by atoms with van der Waals surface area (Å²) in [6.45, 7) is -0.337. The van der Waals surface area contributed by atoms with Crippen molar-refractivity contribution in [3.05, 3.63) is 23.0 Å². The highest BCUT2D eigenvalue weighted by Gasteiger charge is 2.19. The van der Waals surface area contributed by atoms with Crippen LogP contribution in [0.1, 0.15) is 11.7 Å². The number of hydrogen-bond donors (Lipinski definition) is 2. The molecule has 0 saturated heterocycles. The smallest absolute Gasteiger partial charge is 0.237 e. The van der Waals surface area contributed by atoms with Gasteiger partial charge in [-0.3, -0.25) is 0 Å². The van der Waals surface area contributed by atoms with Crippen LogP contribution in [0.25, 0.3) is 0 Å². The van der Waals surface area contributed by atoms with Gasteiger partial charge in [0, 0.05) is 0 Å². The first kappa shape index (κ1) is 11.5. The number of aliphatic hydroxyl groups is 1. The van der Waals surface area contributed by atoms with E-state index in [1.54, 1.807) is 0 Å². The Morgan fingerprint density at radius 1 is 1.64 bits per heavy atom. The maximum atomic E-state index is 11.3. The standard InChI is InChI=1S/C7H11ClN2O3S/c1-14(12,13)10-6(5(9)4-11)2-3-7(10)8/h2-3,5,11H,4,9H2,1H3. The van der Waals surface area contributed by atoms with Gasteiger partial charge in [-0.1, -0.05) is 11.6 Å². The average Bonchev–Trinajstić information content (AvgIpc) is 2.44. The summed E-state index contributed by atoms with van der Waals surface area (Å²) in [5.74, 6) is 0. The molecule has 5 nitrogen and oxygen atoms in total. The van der Waals surface area contributed by atoms with E-state index in [-0.39, 0.29) is 17.5 Å². The van der Waals surface area contributed by atoms with E-state index in [2.05, 4.69) is 0 Å². The average molecular weight is 239 g/mol. The Balaban J connectivity index is 3.34. The van der Waals surface area contributed by atoms with Crippen molar-refractivity contribution >= 4 is 21.6 Å². The van der Waals surface area contributed by atoms with E-state index in [0.29, 0.717) is 0 Å². The summed E-state index contributed by atoms with van der Waals surface area (Å²) in [6.07, 6.45) is 1.02. The molecule has 80 valence electrons. The maximum absolute atomic E-state index is 11.3. The summed E-state index contributed by atoms with van der Waals surface area (Å²) >= 11 is 5.68. The molecule has 0 aliphatic heterocycles. The molecule has 0 aliphatic rings. The van der Waals surface area contributed by atoms with Gasteiger partial charge in [-0.15, -0.1) is 0 Å². The van der Waals surface area contributed by atoms with Gasteiger partial charge >= 0.3 is 0 Å². The fourth-order valence-corrected chi connectivity index (χ4v) is 2.62. The number of halogens is 1. The molecular weight excluding hydrogens is 228 g/mol. The molecule has 0 saturated carbocycles. The first-order valence-corrected chi connectivity index (χ1v) is 6.04. The molecule has 0 radical (unpaired) electrons. The molecule has 0 spiro atoms. The molecule has 7 heteroatoms. The molecule has 1 rings (SSSR count). The molecule has 1 unspecified atom stereocenters. The van der Waals surface area contributed by atoms with Crippen molar-refractivity contribution in [1.29, 1.82) is 0 Å². The Kier molecular flexibility index (Phi) is 3.20. The largest absolute Gasteiger partial charge is 0.394 e. The third kappa shape index (κ3) is 2.09. The highest BCUT2D eigenvalue weighted by atomic mass is 35.5. The lowest BCUT2D eigenvalue weighted by Gasteiger charge is -2.12. The van der Waals surface area contributed by atoms with Crippen LogP contribution in [0, 0.1) is 0 Å².